The minimum atomic E-state index is -0.473. The first-order valence-corrected chi connectivity index (χ1v) is 9.72. The van der Waals surface area contributed by atoms with Crippen LogP contribution >= 0.6 is 11.6 Å². The minimum absolute atomic E-state index is 0.278. The number of carbonyl (C=O) groups excluding carboxylic acids is 1. The van der Waals surface area contributed by atoms with E-state index in [1.807, 2.05) is 32.0 Å². The molecule has 6 rings (SSSR count). The second kappa shape index (κ2) is 4.91. The van der Waals surface area contributed by atoms with E-state index in [1.54, 1.807) is 0 Å². The SMILES string of the molecule is CC1(C)C(=O)N(C2C3CC4CC(C3)CC2C4)N1c1cccc(Cl)c1. The van der Waals surface area contributed by atoms with Gasteiger partial charge in [0.05, 0.1) is 11.7 Å². The molecule has 1 aliphatic heterocycles. The van der Waals surface area contributed by atoms with E-state index in [-0.39, 0.29) is 5.91 Å². The molecular formula is C20H25ClN2O. The van der Waals surface area contributed by atoms with Crippen LogP contribution in [0.4, 0.5) is 5.69 Å². The lowest BCUT2D eigenvalue weighted by atomic mass is 9.53. The molecule has 0 radical (unpaired) electrons. The summed E-state index contributed by atoms with van der Waals surface area (Å²) in [5.74, 6) is 3.52. The first kappa shape index (κ1) is 15.1. The van der Waals surface area contributed by atoms with Crippen molar-refractivity contribution in [2.75, 3.05) is 5.01 Å². The Morgan fingerprint density at radius 3 is 2.25 bits per heavy atom. The number of halogens is 1. The van der Waals surface area contributed by atoms with Crippen molar-refractivity contribution in [1.29, 1.82) is 0 Å². The molecule has 1 amide bonds. The van der Waals surface area contributed by atoms with Crippen molar-refractivity contribution in [2.45, 2.75) is 57.5 Å². The van der Waals surface area contributed by atoms with Crippen LogP contribution < -0.4 is 5.01 Å². The van der Waals surface area contributed by atoms with Gasteiger partial charge >= 0.3 is 0 Å². The van der Waals surface area contributed by atoms with Crippen LogP contribution in [0.15, 0.2) is 24.3 Å². The average Bonchev–Trinajstić information content (AvgIpc) is 2.52. The molecule has 4 heteroatoms. The van der Waals surface area contributed by atoms with Crippen LogP contribution in [0.2, 0.25) is 5.02 Å². The summed E-state index contributed by atoms with van der Waals surface area (Å²) < 4.78 is 0. The summed E-state index contributed by atoms with van der Waals surface area (Å²) in [4.78, 5) is 13.0. The Morgan fingerprint density at radius 1 is 1.04 bits per heavy atom. The highest BCUT2D eigenvalue weighted by Gasteiger charge is 2.61. The van der Waals surface area contributed by atoms with E-state index in [1.165, 1.54) is 32.1 Å². The van der Waals surface area contributed by atoms with Gasteiger partial charge in [-0.15, -0.1) is 0 Å². The van der Waals surface area contributed by atoms with Crippen molar-refractivity contribution in [3.63, 3.8) is 0 Å². The molecule has 0 spiro atoms. The first-order valence-electron chi connectivity index (χ1n) is 9.34. The molecule has 4 aliphatic carbocycles. The molecule has 3 nitrogen and oxygen atoms in total. The number of amides is 1. The molecule has 1 aromatic rings. The van der Waals surface area contributed by atoms with Gasteiger partial charge in [0.25, 0.3) is 5.91 Å². The van der Waals surface area contributed by atoms with Crippen molar-refractivity contribution < 1.29 is 4.79 Å². The second-order valence-corrected chi connectivity index (χ2v) is 9.36. The third-order valence-electron chi connectivity index (χ3n) is 6.99. The van der Waals surface area contributed by atoms with Crippen molar-refractivity contribution >= 4 is 23.2 Å². The van der Waals surface area contributed by atoms with Gasteiger partial charge in [-0.1, -0.05) is 17.7 Å². The Balaban J connectivity index is 1.51. The molecule has 1 aromatic carbocycles. The maximum atomic E-state index is 13.0. The Kier molecular flexibility index (Phi) is 3.08. The molecular weight excluding hydrogens is 320 g/mol. The summed E-state index contributed by atoms with van der Waals surface area (Å²) in [6.45, 7) is 4.06. The van der Waals surface area contributed by atoms with Gasteiger partial charge in [0.2, 0.25) is 0 Å². The Hall–Kier alpha value is -1.22. The van der Waals surface area contributed by atoms with Crippen molar-refractivity contribution in [3.8, 4) is 0 Å². The molecule has 24 heavy (non-hydrogen) atoms. The fourth-order valence-electron chi connectivity index (χ4n) is 6.31. The average molecular weight is 345 g/mol. The fourth-order valence-corrected chi connectivity index (χ4v) is 6.49. The van der Waals surface area contributed by atoms with Crippen LogP contribution in [0.1, 0.15) is 46.0 Å². The van der Waals surface area contributed by atoms with Crippen LogP contribution in [-0.2, 0) is 4.79 Å². The number of hydrazine groups is 1. The zero-order valence-corrected chi connectivity index (χ0v) is 15.2. The number of nitrogens with zero attached hydrogens (tertiary/aromatic N) is 2. The maximum absolute atomic E-state index is 13.0. The van der Waals surface area contributed by atoms with Gasteiger partial charge < -0.3 is 0 Å². The van der Waals surface area contributed by atoms with E-state index >= 15 is 0 Å². The molecule has 0 atom stereocenters. The predicted molar refractivity (Wildman–Crippen MR) is 95.7 cm³/mol. The number of hydrogen-bond donors (Lipinski definition) is 0. The van der Waals surface area contributed by atoms with E-state index in [9.17, 15) is 4.79 Å². The highest BCUT2D eigenvalue weighted by atomic mass is 35.5. The Morgan fingerprint density at radius 2 is 1.67 bits per heavy atom. The zero-order valence-electron chi connectivity index (χ0n) is 14.4. The molecule has 0 unspecified atom stereocenters. The summed E-state index contributed by atoms with van der Waals surface area (Å²) >= 11 is 6.22. The molecule has 5 fully saturated rings. The van der Waals surface area contributed by atoms with Crippen molar-refractivity contribution in [1.82, 2.24) is 5.01 Å². The molecule has 0 aromatic heterocycles. The van der Waals surface area contributed by atoms with Gasteiger partial charge in [-0.25, -0.2) is 5.01 Å². The normalized spacial score (nSPS) is 39.3. The topological polar surface area (TPSA) is 23.6 Å². The van der Waals surface area contributed by atoms with E-state index in [0.29, 0.717) is 17.9 Å². The van der Waals surface area contributed by atoms with Crippen LogP contribution in [0.5, 0.6) is 0 Å². The summed E-state index contributed by atoms with van der Waals surface area (Å²) in [5, 5.41) is 5.06. The second-order valence-electron chi connectivity index (χ2n) is 8.92. The molecule has 5 aliphatic rings. The van der Waals surface area contributed by atoms with Crippen LogP contribution in [0.25, 0.3) is 0 Å². The predicted octanol–water partition coefficient (Wildman–Crippen LogP) is 4.51. The summed E-state index contributed by atoms with van der Waals surface area (Å²) in [5.41, 5.74) is 0.570. The third kappa shape index (κ3) is 1.94. The Bertz CT molecular complexity index is 673. The maximum Gasteiger partial charge on any atom is 0.268 e. The fraction of sp³-hybridized carbons (Fsp3) is 0.650. The van der Waals surface area contributed by atoms with Crippen LogP contribution in [0.3, 0.4) is 0 Å². The standard InChI is InChI=1S/C20H25ClN2O/c1-20(2)19(24)22(23(20)17-5-3-4-16(21)11-17)18-14-7-12-6-13(9-14)10-15(18)8-12/h3-5,11-15,18H,6-10H2,1-2H3. The lowest BCUT2D eigenvalue weighted by Gasteiger charge is -2.65. The zero-order chi connectivity index (χ0) is 16.6. The van der Waals surface area contributed by atoms with Gasteiger partial charge in [0.15, 0.2) is 0 Å². The summed E-state index contributed by atoms with van der Waals surface area (Å²) in [6, 6.07) is 8.33. The van der Waals surface area contributed by atoms with Crippen molar-refractivity contribution in [2.24, 2.45) is 23.7 Å². The van der Waals surface area contributed by atoms with Crippen LogP contribution in [-0.4, -0.2) is 22.5 Å². The Labute approximate surface area is 148 Å². The number of benzene rings is 1. The van der Waals surface area contributed by atoms with Gasteiger partial charge in [0, 0.05) is 5.02 Å². The molecule has 4 bridgehead atoms. The van der Waals surface area contributed by atoms with Gasteiger partial charge in [-0.3, -0.25) is 9.80 Å². The molecule has 0 N–H and O–H groups in total. The van der Waals surface area contributed by atoms with Crippen molar-refractivity contribution in [3.05, 3.63) is 29.3 Å². The van der Waals surface area contributed by atoms with E-state index < -0.39 is 5.54 Å². The smallest absolute Gasteiger partial charge is 0.268 e. The van der Waals surface area contributed by atoms with Gasteiger partial charge in [-0.2, -0.15) is 0 Å². The molecule has 1 saturated heterocycles. The van der Waals surface area contributed by atoms with E-state index in [2.05, 4.69) is 16.1 Å². The van der Waals surface area contributed by atoms with E-state index in [4.69, 9.17) is 11.6 Å². The van der Waals surface area contributed by atoms with Gasteiger partial charge in [-0.05, 0) is 87.8 Å². The van der Waals surface area contributed by atoms with Crippen LogP contribution in [0, 0.1) is 23.7 Å². The molecule has 1 heterocycles. The molecule has 128 valence electrons. The third-order valence-corrected chi connectivity index (χ3v) is 7.22. The number of hydrogen-bond acceptors (Lipinski definition) is 2. The lowest BCUT2D eigenvalue weighted by molar-refractivity contribution is -0.170. The summed E-state index contributed by atoms with van der Waals surface area (Å²) in [6.07, 6.45) is 6.74. The van der Waals surface area contributed by atoms with Gasteiger partial charge in [0.1, 0.15) is 5.54 Å². The number of carbonyl (C=O) groups is 1. The number of rotatable bonds is 2. The molecule has 4 saturated carbocycles. The lowest BCUT2D eigenvalue weighted by Crippen LogP contribution is -2.80. The van der Waals surface area contributed by atoms with E-state index in [0.717, 1.165) is 22.5 Å². The summed E-state index contributed by atoms with van der Waals surface area (Å²) in [7, 11) is 0. The largest absolute Gasteiger partial charge is 0.270 e. The monoisotopic (exact) mass is 344 g/mol. The highest BCUT2D eigenvalue weighted by molar-refractivity contribution is 6.30. The highest BCUT2D eigenvalue weighted by Crippen LogP contribution is 2.57. The minimum Gasteiger partial charge on any atom is -0.270 e. The quantitative estimate of drug-likeness (QED) is 0.788. The first-order chi connectivity index (χ1) is 11.4. The number of anilines is 1.